The average Bonchev–Trinajstić information content (AvgIpc) is 3.19. The van der Waals surface area contributed by atoms with Gasteiger partial charge >= 0.3 is 5.97 Å². The Hall–Kier alpha value is -2.83. The van der Waals surface area contributed by atoms with Gasteiger partial charge in [-0.1, -0.05) is 44.4 Å². The number of hydrogen-bond acceptors (Lipinski definition) is 4. The molecule has 5 rings (SSSR count). The summed E-state index contributed by atoms with van der Waals surface area (Å²) in [5.74, 6) is -0.334. The summed E-state index contributed by atoms with van der Waals surface area (Å²) in [7, 11) is 1.78. The summed E-state index contributed by atoms with van der Waals surface area (Å²) in [6, 6.07) is 12.7. The minimum Gasteiger partial charge on any atom is -0.478 e. The molecule has 1 saturated carbocycles. The minimum atomic E-state index is -0.858. The van der Waals surface area contributed by atoms with Crippen molar-refractivity contribution in [1.82, 2.24) is 9.47 Å². The van der Waals surface area contributed by atoms with E-state index in [0.717, 1.165) is 64.2 Å². The first-order chi connectivity index (χ1) is 19.0. The van der Waals surface area contributed by atoms with E-state index in [1.54, 1.807) is 13.2 Å². The lowest BCUT2D eigenvalue weighted by molar-refractivity contribution is 0.0697. The summed E-state index contributed by atoms with van der Waals surface area (Å²) >= 11 is 0. The molecule has 0 bridgehead atoms. The highest BCUT2D eigenvalue weighted by Gasteiger charge is 2.30. The predicted molar refractivity (Wildman–Crippen MR) is 160 cm³/mol. The fourth-order valence-corrected chi connectivity index (χ4v) is 6.79. The number of unbranched alkanes of at least 4 members (excludes halogenated alkanes) is 1. The number of aryl methyl sites for hydroxylation is 1. The van der Waals surface area contributed by atoms with Gasteiger partial charge in [-0.05, 0) is 80.9 Å². The number of benzene rings is 2. The van der Waals surface area contributed by atoms with Crippen molar-refractivity contribution in [2.24, 2.45) is 0 Å². The van der Waals surface area contributed by atoms with Gasteiger partial charge in [0.25, 0.3) is 0 Å². The number of carboxylic acids is 1. The van der Waals surface area contributed by atoms with Crippen molar-refractivity contribution in [3.8, 4) is 11.3 Å². The highest BCUT2D eigenvalue weighted by Crippen LogP contribution is 2.47. The van der Waals surface area contributed by atoms with Crippen LogP contribution in [0.15, 0.2) is 36.4 Å². The van der Waals surface area contributed by atoms with Crippen LogP contribution in [0.3, 0.4) is 0 Å². The molecule has 1 aromatic heterocycles. The molecule has 2 aliphatic rings. The lowest BCUT2D eigenvalue weighted by Gasteiger charge is -2.29. The molecule has 3 aromatic rings. The normalized spacial score (nSPS) is 15.9. The number of hydrogen-bond donors (Lipinski definition) is 1. The van der Waals surface area contributed by atoms with E-state index in [0.29, 0.717) is 11.5 Å². The molecule has 210 valence electrons. The van der Waals surface area contributed by atoms with Crippen molar-refractivity contribution in [2.45, 2.75) is 71.3 Å². The second-order valence-electron chi connectivity index (χ2n) is 11.4. The molecule has 2 heterocycles. The van der Waals surface area contributed by atoms with E-state index in [-0.39, 0.29) is 0 Å². The topological polar surface area (TPSA) is 57.9 Å². The molecule has 1 fully saturated rings. The van der Waals surface area contributed by atoms with Crippen LogP contribution in [0.2, 0.25) is 0 Å². The number of anilines is 1. The molecule has 1 aliphatic carbocycles. The quantitative estimate of drug-likeness (QED) is 0.272. The fourth-order valence-electron chi connectivity index (χ4n) is 6.79. The van der Waals surface area contributed by atoms with E-state index in [1.807, 2.05) is 6.07 Å². The van der Waals surface area contributed by atoms with Gasteiger partial charge in [-0.3, -0.25) is 0 Å². The van der Waals surface area contributed by atoms with E-state index in [4.69, 9.17) is 4.74 Å². The lowest BCUT2D eigenvalue weighted by Crippen LogP contribution is -2.37. The maximum absolute atomic E-state index is 11.9. The highest BCUT2D eigenvalue weighted by atomic mass is 16.5. The van der Waals surface area contributed by atoms with Gasteiger partial charge in [-0.25, -0.2) is 4.79 Å². The summed E-state index contributed by atoms with van der Waals surface area (Å²) in [6.45, 7) is 11.2. The van der Waals surface area contributed by atoms with Crippen LogP contribution in [-0.4, -0.2) is 67.0 Å². The summed E-state index contributed by atoms with van der Waals surface area (Å²) < 4.78 is 7.69. The van der Waals surface area contributed by atoms with Crippen molar-refractivity contribution >= 4 is 22.6 Å². The van der Waals surface area contributed by atoms with Crippen LogP contribution in [0.4, 0.5) is 5.69 Å². The van der Waals surface area contributed by atoms with Gasteiger partial charge in [0.05, 0.1) is 11.3 Å². The first kappa shape index (κ1) is 27.7. The smallest absolute Gasteiger partial charge is 0.335 e. The van der Waals surface area contributed by atoms with E-state index in [9.17, 15) is 9.90 Å². The van der Waals surface area contributed by atoms with E-state index >= 15 is 0 Å². The number of ether oxygens (including phenoxy) is 1. The highest BCUT2D eigenvalue weighted by molar-refractivity contribution is 5.99. The Bertz CT molecular complexity index is 1290. The first-order valence-corrected chi connectivity index (χ1v) is 15.0. The lowest BCUT2D eigenvalue weighted by atomic mass is 9.81. The van der Waals surface area contributed by atoms with Crippen molar-refractivity contribution in [2.75, 3.05) is 51.3 Å². The number of aromatic carboxylic acids is 1. The molecule has 1 aliphatic heterocycles. The zero-order valence-corrected chi connectivity index (χ0v) is 24.0. The Kier molecular flexibility index (Phi) is 8.93. The van der Waals surface area contributed by atoms with Gasteiger partial charge in [0, 0.05) is 62.0 Å². The number of rotatable bonds is 11. The van der Waals surface area contributed by atoms with Gasteiger partial charge in [0.2, 0.25) is 0 Å². The van der Waals surface area contributed by atoms with Crippen LogP contribution in [0.1, 0.15) is 79.3 Å². The zero-order valence-electron chi connectivity index (χ0n) is 24.0. The predicted octanol–water partition coefficient (Wildman–Crippen LogP) is 6.93. The molecule has 0 spiro atoms. The molecular weight excluding hydrogens is 486 g/mol. The minimum absolute atomic E-state index is 0.371. The van der Waals surface area contributed by atoms with Crippen LogP contribution >= 0.6 is 0 Å². The largest absolute Gasteiger partial charge is 0.478 e. The molecule has 6 heteroatoms. The van der Waals surface area contributed by atoms with Gasteiger partial charge in [0.1, 0.15) is 0 Å². The summed E-state index contributed by atoms with van der Waals surface area (Å²) in [4.78, 5) is 17.1. The number of carbonyl (C=O) groups is 1. The first-order valence-electron chi connectivity index (χ1n) is 15.0. The molecule has 1 N–H and O–H groups in total. The molecule has 0 amide bonds. The van der Waals surface area contributed by atoms with Gasteiger partial charge in [0.15, 0.2) is 0 Å². The SMILES string of the molecule is CCN(CCCCOC)CCN1CCn2c(c(C3CCCCC3)c3ccc(C(=O)O)cc32)-c2ccc(C)cc21. The molecular formula is C33H45N3O3. The average molecular weight is 532 g/mol. The standard InChI is InChI=1S/C33H45N3O3/c1-4-34(16-8-9-21-39-3)17-18-35-19-20-36-30-23-26(33(37)38)13-15-27(30)31(25-10-6-5-7-11-25)32(36)28-14-12-24(2)22-29(28)35/h12-15,22-23,25H,4-11,16-21H2,1-3H3,(H,37,38). The number of methoxy groups -OCH3 is 1. The van der Waals surface area contributed by atoms with Crippen LogP contribution in [0.5, 0.6) is 0 Å². The number of carboxylic acid groups (broad SMARTS) is 1. The van der Waals surface area contributed by atoms with Crippen LogP contribution < -0.4 is 4.90 Å². The summed E-state index contributed by atoms with van der Waals surface area (Å²) in [5, 5.41) is 11.0. The maximum atomic E-state index is 11.9. The number of fused-ring (bicyclic) bond motifs is 5. The molecule has 0 unspecified atom stereocenters. The Morgan fingerprint density at radius 3 is 2.62 bits per heavy atom. The number of nitrogens with zero attached hydrogens (tertiary/aromatic N) is 3. The molecule has 6 nitrogen and oxygen atoms in total. The van der Waals surface area contributed by atoms with Crippen LogP contribution in [0, 0.1) is 6.92 Å². The van der Waals surface area contributed by atoms with Crippen molar-refractivity contribution in [3.05, 3.63) is 53.1 Å². The van der Waals surface area contributed by atoms with E-state index in [1.165, 1.54) is 65.6 Å². The molecule has 0 saturated heterocycles. The summed E-state index contributed by atoms with van der Waals surface area (Å²) in [6.07, 6.45) is 8.55. The summed E-state index contributed by atoms with van der Waals surface area (Å²) in [5.41, 5.74) is 8.12. The monoisotopic (exact) mass is 531 g/mol. The third-order valence-electron chi connectivity index (χ3n) is 8.91. The van der Waals surface area contributed by atoms with Crippen LogP contribution in [0.25, 0.3) is 22.2 Å². The number of aromatic nitrogens is 1. The van der Waals surface area contributed by atoms with Gasteiger partial charge in [-0.2, -0.15) is 0 Å². The second kappa shape index (κ2) is 12.6. The zero-order chi connectivity index (χ0) is 27.4. The van der Waals surface area contributed by atoms with Crippen LogP contribution in [-0.2, 0) is 11.3 Å². The Morgan fingerprint density at radius 1 is 1.05 bits per heavy atom. The molecule has 39 heavy (non-hydrogen) atoms. The molecule has 2 aromatic carbocycles. The van der Waals surface area contributed by atoms with Crippen molar-refractivity contribution in [3.63, 3.8) is 0 Å². The maximum Gasteiger partial charge on any atom is 0.335 e. The van der Waals surface area contributed by atoms with Crippen molar-refractivity contribution in [1.29, 1.82) is 0 Å². The molecule has 0 radical (unpaired) electrons. The third-order valence-corrected chi connectivity index (χ3v) is 8.91. The second-order valence-corrected chi connectivity index (χ2v) is 11.4. The Labute approximate surface area is 233 Å². The van der Waals surface area contributed by atoms with Gasteiger partial charge in [-0.15, -0.1) is 0 Å². The third kappa shape index (κ3) is 5.87. The Morgan fingerprint density at radius 2 is 1.87 bits per heavy atom. The van der Waals surface area contributed by atoms with E-state index < -0.39 is 5.97 Å². The van der Waals surface area contributed by atoms with Gasteiger partial charge < -0.3 is 24.2 Å². The van der Waals surface area contributed by atoms with Crippen molar-refractivity contribution < 1.29 is 14.6 Å². The van der Waals surface area contributed by atoms with E-state index in [2.05, 4.69) is 52.5 Å². The fraction of sp³-hybridized carbons (Fsp3) is 0.545. The Balaban J connectivity index is 1.54. The number of likely N-dealkylation sites (N-methyl/N-ethyl adjacent to an activating group) is 1. The molecule has 0 atom stereocenters.